The Morgan fingerprint density at radius 3 is 3.12 bits per heavy atom. The van der Waals surface area contributed by atoms with Gasteiger partial charge >= 0.3 is 0 Å². The van der Waals surface area contributed by atoms with E-state index < -0.39 is 0 Å². The van der Waals surface area contributed by atoms with Gasteiger partial charge in [-0.05, 0) is 26.3 Å². The lowest BCUT2D eigenvalue weighted by atomic mass is 9.96. The van der Waals surface area contributed by atoms with Crippen molar-refractivity contribution in [3.63, 3.8) is 0 Å². The van der Waals surface area contributed by atoms with E-state index in [1.807, 2.05) is 0 Å². The van der Waals surface area contributed by atoms with Crippen LogP contribution < -0.4 is 5.32 Å². The summed E-state index contributed by atoms with van der Waals surface area (Å²) >= 11 is 1.78. The monoisotopic (exact) mass is 254 g/mol. The van der Waals surface area contributed by atoms with Crippen LogP contribution in [-0.4, -0.2) is 30.8 Å². The van der Waals surface area contributed by atoms with Crippen LogP contribution in [0.5, 0.6) is 0 Å². The minimum absolute atomic E-state index is 0.531. The molecule has 3 nitrogen and oxygen atoms in total. The van der Waals surface area contributed by atoms with Crippen LogP contribution in [0, 0.1) is 12.8 Å². The van der Waals surface area contributed by atoms with E-state index in [1.165, 1.54) is 17.8 Å². The second kappa shape index (κ2) is 6.47. The Morgan fingerprint density at radius 2 is 2.53 bits per heavy atom. The van der Waals surface area contributed by atoms with Crippen molar-refractivity contribution in [3.8, 4) is 0 Å². The van der Waals surface area contributed by atoms with Crippen molar-refractivity contribution >= 4 is 11.3 Å². The molecule has 1 aromatic rings. The smallest absolute Gasteiger partial charge is 0.0943 e. The number of hydrogen-bond acceptors (Lipinski definition) is 4. The number of nitrogens with one attached hydrogen (secondary N) is 1. The van der Waals surface area contributed by atoms with E-state index in [2.05, 4.69) is 29.5 Å². The summed E-state index contributed by atoms with van der Waals surface area (Å²) in [6.07, 6.45) is 3.42. The maximum Gasteiger partial charge on any atom is 0.0943 e. The summed E-state index contributed by atoms with van der Waals surface area (Å²) in [7, 11) is 0. The van der Waals surface area contributed by atoms with Crippen LogP contribution in [0.15, 0.2) is 5.38 Å². The summed E-state index contributed by atoms with van der Waals surface area (Å²) in [4.78, 5) is 4.57. The van der Waals surface area contributed by atoms with E-state index >= 15 is 0 Å². The first-order chi connectivity index (χ1) is 8.29. The summed E-state index contributed by atoms with van der Waals surface area (Å²) in [5.74, 6) is 0.658. The zero-order valence-corrected chi connectivity index (χ0v) is 11.6. The first kappa shape index (κ1) is 13.0. The highest BCUT2D eigenvalue weighted by Gasteiger charge is 2.26. The Morgan fingerprint density at radius 1 is 1.65 bits per heavy atom. The fraction of sp³-hybridized carbons (Fsp3) is 0.769. The predicted molar refractivity (Wildman–Crippen MR) is 71.6 cm³/mol. The van der Waals surface area contributed by atoms with Gasteiger partial charge in [0.2, 0.25) is 0 Å². The van der Waals surface area contributed by atoms with Gasteiger partial charge in [-0.25, -0.2) is 4.98 Å². The minimum Gasteiger partial charge on any atom is -0.381 e. The van der Waals surface area contributed by atoms with E-state index in [1.54, 1.807) is 11.3 Å². The molecule has 1 N–H and O–H groups in total. The maximum absolute atomic E-state index is 5.50. The maximum atomic E-state index is 5.50. The van der Waals surface area contributed by atoms with E-state index in [-0.39, 0.29) is 0 Å². The molecular weight excluding hydrogens is 232 g/mol. The van der Waals surface area contributed by atoms with Crippen LogP contribution >= 0.6 is 11.3 Å². The first-order valence-corrected chi connectivity index (χ1v) is 7.39. The molecule has 96 valence electrons. The summed E-state index contributed by atoms with van der Waals surface area (Å²) in [6, 6.07) is 0.531. The standard InChI is InChI=1S/C13H22N2OS/c1-3-5-14-12(11-4-6-16-8-11)7-13-15-10(2)9-17-13/h9,11-12,14H,3-8H2,1-2H3. The second-order valence-electron chi connectivity index (χ2n) is 4.77. The fourth-order valence-electron chi connectivity index (χ4n) is 2.29. The SMILES string of the molecule is CCCNC(Cc1nc(C)cs1)C1CCOC1. The fourth-order valence-corrected chi connectivity index (χ4v) is 3.12. The summed E-state index contributed by atoms with van der Waals surface area (Å²) in [5, 5.41) is 7.04. The summed E-state index contributed by atoms with van der Waals surface area (Å²) in [6.45, 7) is 7.19. The number of hydrogen-bond donors (Lipinski definition) is 1. The van der Waals surface area contributed by atoms with Gasteiger partial charge in [-0.2, -0.15) is 0 Å². The van der Waals surface area contributed by atoms with Crippen LogP contribution in [-0.2, 0) is 11.2 Å². The van der Waals surface area contributed by atoms with Crippen LogP contribution in [0.3, 0.4) is 0 Å². The molecule has 0 aromatic carbocycles. The Balaban J connectivity index is 1.94. The van der Waals surface area contributed by atoms with Gasteiger partial charge in [0.1, 0.15) is 0 Å². The quantitative estimate of drug-likeness (QED) is 0.846. The van der Waals surface area contributed by atoms with Crippen molar-refractivity contribution < 1.29 is 4.74 Å². The molecule has 1 aliphatic rings. The molecule has 2 heterocycles. The highest BCUT2D eigenvalue weighted by Crippen LogP contribution is 2.21. The Kier molecular flexibility index (Phi) is 4.95. The number of aryl methyl sites for hydroxylation is 1. The molecule has 0 amide bonds. The Bertz CT molecular complexity index is 334. The highest BCUT2D eigenvalue weighted by molar-refractivity contribution is 7.09. The lowest BCUT2D eigenvalue weighted by molar-refractivity contribution is 0.176. The second-order valence-corrected chi connectivity index (χ2v) is 5.71. The number of rotatable bonds is 6. The van der Waals surface area contributed by atoms with Crippen molar-refractivity contribution in [1.82, 2.24) is 10.3 Å². The molecule has 0 saturated carbocycles. The zero-order valence-electron chi connectivity index (χ0n) is 10.7. The average Bonchev–Trinajstić information content (AvgIpc) is 2.95. The predicted octanol–water partition coefficient (Wildman–Crippen LogP) is 2.40. The van der Waals surface area contributed by atoms with E-state index in [0.29, 0.717) is 12.0 Å². The number of aromatic nitrogens is 1. The Labute approximate surface area is 108 Å². The molecule has 0 radical (unpaired) electrons. The molecule has 1 aliphatic heterocycles. The molecule has 4 heteroatoms. The molecular formula is C13H22N2OS. The number of nitrogens with zero attached hydrogens (tertiary/aromatic N) is 1. The molecule has 2 unspecified atom stereocenters. The van der Waals surface area contributed by atoms with Gasteiger partial charge in [-0.3, -0.25) is 0 Å². The van der Waals surface area contributed by atoms with E-state index in [0.717, 1.165) is 31.9 Å². The number of thiazole rings is 1. The van der Waals surface area contributed by atoms with Crippen molar-refractivity contribution in [1.29, 1.82) is 0 Å². The van der Waals surface area contributed by atoms with Crippen molar-refractivity contribution in [2.75, 3.05) is 19.8 Å². The van der Waals surface area contributed by atoms with Gasteiger partial charge in [0.15, 0.2) is 0 Å². The molecule has 1 fully saturated rings. The van der Waals surface area contributed by atoms with Crippen molar-refractivity contribution in [3.05, 3.63) is 16.1 Å². The molecule has 2 rings (SSSR count). The van der Waals surface area contributed by atoms with Crippen LogP contribution in [0.1, 0.15) is 30.5 Å². The van der Waals surface area contributed by atoms with Gasteiger partial charge in [-0.1, -0.05) is 6.92 Å². The largest absolute Gasteiger partial charge is 0.381 e. The summed E-state index contributed by atoms with van der Waals surface area (Å²) in [5.41, 5.74) is 1.14. The average molecular weight is 254 g/mol. The molecule has 0 spiro atoms. The van der Waals surface area contributed by atoms with E-state index in [4.69, 9.17) is 4.74 Å². The van der Waals surface area contributed by atoms with Gasteiger partial charge in [0, 0.05) is 36.1 Å². The van der Waals surface area contributed by atoms with Gasteiger partial charge in [0.25, 0.3) is 0 Å². The van der Waals surface area contributed by atoms with Gasteiger partial charge in [-0.15, -0.1) is 11.3 Å². The molecule has 1 saturated heterocycles. The lowest BCUT2D eigenvalue weighted by Crippen LogP contribution is -2.38. The molecule has 0 aliphatic carbocycles. The number of ether oxygens (including phenoxy) is 1. The van der Waals surface area contributed by atoms with Crippen molar-refractivity contribution in [2.24, 2.45) is 5.92 Å². The molecule has 2 atom stereocenters. The molecule has 0 bridgehead atoms. The van der Waals surface area contributed by atoms with Crippen LogP contribution in [0.4, 0.5) is 0 Å². The minimum atomic E-state index is 0.531. The van der Waals surface area contributed by atoms with Crippen LogP contribution in [0.25, 0.3) is 0 Å². The zero-order chi connectivity index (χ0) is 12.1. The first-order valence-electron chi connectivity index (χ1n) is 6.51. The third kappa shape index (κ3) is 3.76. The lowest BCUT2D eigenvalue weighted by Gasteiger charge is -2.22. The summed E-state index contributed by atoms with van der Waals surface area (Å²) < 4.78 is 5.50. The van der Waals surface area contributed by atoms with Crippen molar-refractivity contribution in [2.45, 2.75) is 39.2 Å². The Hall–Kier alpha value is -0.450. The van der Waals surface area contributed by atoms with Crippen LogP contribution in [0.2, 0.25) is 0 Å². The highest BCUT2D eigenvalue weighted by atomic mass is 32.1. The van der Waals surface area contributed by atoms with Gasteiger partial charge < -0.3 is 10.1 Å². The normalized spacial score (nSPS) is 21.9. The molecule has 17 heavy (non-hydrogen) atoms. The van der Waals surface area contributed by atoms with E-state index in [9.17, 15) is 0 Å². The molecule has 1 aromatic heterocycles. The third-order valence-corrected chi connectivity index (χ3v) is 4.24. The van der Waals surface area contributed by atoms with Gasteiger partial charge in [0.05, 0.1) is 11.6 Å². The third-order valence-electron chi connectivity index (χ3n) is 3.25. The topological polar surface area (TPSA) is 34.2 Å².